The number of anilines is 1. The molecule has 0 fully saturated rings. The van der Waals surface area contributed by atoms with Gasteiger partial charge in [-0.3, -0.25) is 4.79 Å². The van der Waals surface area contributed by atoms with Gasteiger partial charge >= 0.3 is 0 Å². The molecule has 0 aliphatic heterocycles. The summed E-state index contributed by atoms with van der Waals surface area (Å²) in [5, 5.41) is 3.08. The SMILES string of the molecule is CCCNc1ncc(F)cc1C(=O)N(C)C(C)CC(C)C. The second-order valence-electron chi connectivity index (χ2n) is 5.87. The fourth-order valence-corrected chi connectivity index (χ4v) is 2.22. The summed E-state index contributed by atoms with van der Waals surface area (Å²) in [6, 6.07) is 1.35. The van der Waals surface area contributed by atoms with Gasteiger partial charge in [0.15, 0.2) is 0 Å². The van der Waals surface area contributed by atoms with Crippen LogP contribution in [0.1, 0.15) is 50.9 Å². The number of carbonyl (C=O) groups excluding carboxylic acids is 1. The molecule has 1 amide bonds. The number of halogens is 1. The summed E-state index contributed by atoms with van der Waals surface area (Å²) < 4.78 is 13.4. The molecule has 1 unspecified atom stereocenters. The van der Waals surface area contributed by atoms with Crippen molar-refractivity contribution in [1.82, 2.24) is 9.88 Å². The summed E-state index contributed by atoms with van der Waals surface area (Å²) in [5.41, 5.74) is 0.293. The number of carbonyl (C=O) groups is 1. The van der Waals surface area contributed by atoms with Crippen LogP contribution in [0.15, 0.2) is 12.3 Å². The van der Waals surface area contributed by atoms with E-state index in [1.165, 1.54) is 6.07 Å². The highest BCUT2D eigenvalue weighted by atomic mass is 19.1. The molecule has 5 heteroatoms. The Kier molecular flexibility index (Phi) is 6.59. The lowest BCUT2D eigenvalue weighted by atomic mass is 10.0. The highest BCUT2D eigenvalue weighted by Crippen LogP contribution is 2.19. The monoisotopic (exact) mass is 295 g/mol. The number of rotatable bonds is 7. The van der Waals surface area contributed by atoms with E-state index >= 15 is 0 Å². The maximum Gasteiger partial charge on any atom is 0.257 e. The van der Waals surface area contributed by atoms with Crippen LogP contribution in [0.25, 0.3) is 0 Å². The predicted molar refractivity (Wildman–Crippen MR) is 84.0 cm³/mol. The van der Waals surface area contributed by atoms with Crippen molar-refractivity contribution in [1.29, 1.82) is 0 Å². The Balaban J connectivity index is 2.96. The van der Waals surface area contributed by atoms with Crippen LogP contribution in [0.4, 0.5) is 10.2 Å². The van der Waals surface area contributed by atoms with Crippen molar-refractivity contribution < 1.29 is 9.18 Å². The van der Waals surface area contributed by atoms with Crippen LogP contribution < -0.4 is 5.32 Å². The molecule has 4 nitrogen and oxygen atoms in total. The van der Waals surface area contributed by atoms with Crippen molar-refractivity contribution in [2.75, 3.05) is 18.9 Å². The molecule has 1 N–H and O–H groups in total. The van der Waals surface area contributed by atoms with Gasteiger partial charge in [-0.1, -0.05) is 20.8 Å². The molecule has 0 bridgehead atoms. The zero-order valence-corrected chi connectivity index (χ0v) is 13.6. The zero-order chi connectivity index (χ0) is 16.0. The van der Waals surface area contributed by atoms with Crippen LogP contribution in [-0.2, 0) is 0 Å². The van der Waals surface area contributed by atoms with Gasteiger partial charge in [-0.2, -0.15) is 0 Å². The lowest BCUT2D eigenvalue weighted by Gasteiger charge is -2.27. The molecule has 21 heavy (non-hydrogen) atoms. The van der Waals surface area contributed by atoms with Gasteiger partial charge in [0.25, 0.3) is 5.91 Å². The minimum absolute atomic E-state index is 0.0970. The first-order valence-electron chi connectivity index (χ1n) is 7.53. The Hall–Kier alpha value is -1.65. The highest BCUT2D eigenvalue weighted by Gasteiger charge is 2.22. The number of nitrogens with one attached hydrogen (secondary N) is 1. The van der Waals surface area contributed by atoms with E-state index in [0.717, 1.165) is 19.0 Å². The summed E-state index contributed by atoms with van der Waals surface area (Å²) in [6.45, 7) is 8.96. The van der Waals surface area contributed by atoms with Crippen molar-refractivity contribution in [3.05, 3.63) is 23.6 Å². The van der Waals surface area contributed by atoms with Gasteiger partial charge in [-0.15, -0.1) is 0 Å². The number of hydrogen-bond donors (Lipinski definition) is 1. The molecular weight excluding hydrogens is 269 g/mol. The number of pyridine rings is 1. The Bertz CT molecular complexity index is 477. The van der Waals surface area contributed by atoms with E-state index in [-0.39, 0.29) is 11.9 Å². The van der Waals surface area contributed by atoms with Crippen molar-refractivity contribution in [2.45, 2.75) is 46.6 Å². The van der Waals surface area contributed by atoms with Crippen LogP contribution >= 0.6 is 0 Å². The van der Waals surface area contributed by atoms with Gasteiger partial charge in [0.2, 0.25) is 0 Å². The molecule has 1 aromatic rings. The molecule has 0 aromatic carbocycles. The van der Waals surface area contributed by atoms with Gasteiger partial charge in [-0.25, -0.2) is 9.37 Å². The molecule has 1 aromatic heterocycles. The molecule has 1 rings (SSSR count). The van der Waals surface area contributed by atoms with E-state index in [1.807, 2.05) is 13.8 Å². The number of aromatic nitrogens is 1. The zero-order valence-electron chi connectivity index (χ0n) is 13.6. The number of hydrogen-bond acceptors (Lipinski definition) is 3. The van der Waals surface area contributed by atoms with Crippen LogP contribution in [0.2, 0.25) is 0 Å². The second-order valence-corrected chi connectivity index (χ2v) is 5.87. The van der Waals surface area contributed by atoms with Gasteiger partial charge in [0.1, 0.15) is 11.6 Å². The first-order chi connectivity index (χ1) is 9.86. The molecule has 0 saturated carbocycles. The average Bonchev–Trinajstić information content (AvgIpc) is 2.43. The summed E-state index contributed by atoms with van der Waals surface area (Å²) in [4.78, 5) is 18.2. The normalized spacial score (nSPS) is 12.3. The van der Waals surface area contributed by atoms with Crippen molar-refractivity contribution in [3.8, 4) is 0 Å². The van der Waals surface area contributed by atoms with Gasteiger partial charge in [-0.05, 0) is 31.7 Å². The smallest absolute Gasteiger partial charge is 0.257 e. The molecule has 118 valence electrons. The Morgan fingerprint density at radius 3 is 2.67 bits per heavy atom. The summed E-state index contributed by atoms with van der Waals surface area (Å²) in [5.74, 6) is 0.254. The standard InChI is InChI=1S/C16H26FN3O/c1-6-7-18-15-14(9-13(17)10-19-15)16(21)20(5)12(4)8-11(2)3/h9-12H,6-8H2,1-5H3,(H,18,19). The molecule has 1 atom stereocenters. The van der Waals surface area contributed by atoms with Crippen LogP contribution in [-0.4, -0.2) is 35.4 Å². The average molecular weight is 295 g/mol. The Morgan fingerprint density at radius 1 is 1.43 bits per heavy atom. The molecule has 1 heterocycles. The summed E-state index contributed by atoms with van der Waals surface area (Å²) >= 11 is 0. The summed E-state index contributed by atoms with van der Waals surface area (Å²) in [6.07, 6.45) is 2.95. The fourth-order valence-electron chi connectivity index (χ4n) is 2.22. The van der Waals surface area contributed by atoms with E-state index in [2.05, 4.69) is 24.1 Å². The van der Waals surface area contributed by atoms with Crippen molar-refractivity contribution in [2.24, 2.45) is 5.92 Å². The van der Waals surface area contributed by atoms with E-state index in [9.17, 15) is 9.18 Å². The van der Waals surface area contributed by atoms with Crippen LogP contribution in [0, 0.1) is 11.7 Å². The van der Waals surface area contributed by atoms with Gasteiger partial charge in [0, 0.05) is 19.6 Å². The lowest BCUT2D eigenvalue weighted by molar-refractivity contribution is 0.0728. The van der Waals surface area contributed by atoms with Crippen LogP contribution in [0.3, 0.4) is 0 Å². The van der Waals surface area contributed by atoms with Gasteiger partial charge in [0.05, 0.1) is 11.8 Å². The van der Waals surface area contributed by atoms with E-state index < -0.39 is 5.82 Å². The molecule has 0 aliphatic carbocycles. The summed E-state index contributed by atoms with van der Waals surface area (Å²) in [7, 11) is 1.75. The number of nitrogens with zero attached hydrogens (tertiary/aromatic N) is 2. The minimum atomic E-state index is -0.495. The van der Waals surface area contributed by atoms with Crippen molar-refractivity contribution in [3.63, 3.8) is 0 Å². The van der Waals surface area contributed by atoms with E-state index in [1.54, 1.807) is 11.9 Å². The lowest BCUT2D eigenvalue weighted by Crippen LogP contribution is -2.36. The quantitative estimate of drug-likeness (QED) is 0.836. The predicted octanol–water partition coefficient (Wildman–Crippen LogP) is 3.55. The molecule has 0 radical (unpaired) electrons. The molecular formula is C16H26FN3O. The number of amides is 1. The molecule has 0 spiro atoms. The van der Waals surface area contributed by atoms with E-state index in [0.29, 0.717) is 23.8 Å². The second kappa shape index (κ2) is 7.96. The maximum absolute atomic E-state index is 13.4. The van der Waals surface area contributed by atoms with E-state index in [4.69, 9.17) is 0 Å². The maximum atomic E-state index is 13.4. The first-order valence-corrected chi connectivity index (χ1v) is 7.53. The fraction of sp³-hybridized carbons (Fsp3) is 0.625. The Morgan fingerprint density at radius 2 is 2.10 bits per heavy atom. The topological polar surface area (TPSA) is 45.2 Å². The first kappa shape index (κ1) is 17.4. The molecule has 0 saturated heterocycles. The third-order valence-electron chi connectivity index (χ3n) is 3.42. The minimum Gasteiger partial charge on any atom is -0.369 e. The third-order valence-corrected chi connectivity index (χ3v) is 3.42. The van der Waals surface area contributed by atoms with Gasteiger partial charge < -0.3 is 10.2 Å². The molecule has 0 aliphatic rings. The van der Waals surface area contributed by atoms with Crippen molar-refractivity contribution >= 4 is 11.7 Å². The van der Waals surface area contributed by atoms with Crippen LogP contribution in [0.5, 0.6) is 0 Å². The largest absolute Gasteiger partial charge is 0.369 e. The third kappa shape index (κ3) is 4.99. The Labute approximate surface area is 126 Å². The highest BCUT2D eigenvalue weighted by molar-refractivity contribution is 5.98.